The molecule has 1 saturated heterocycles. The maximum Gasteiger partial charge on any atom is 0.224 e. The van der Waals surface area contributed by atoms with Crippen molar-refractivity contribution in [3.63, 3.8) is 0 Å². The number of carbonyl (C=O) groups is 1. The highest BCUT2D eigenvalue weighted by Gasteiger charge is 2.23. The lowest BCUT2D eigenvalue weighted by Gasteiger charge is -2.31. The topological polar surface area (TPSA) is 33.2 Å². The average molecular weight is 261 g/mol. The maximum absolute atomic E-state index is 11.0. The molecule has 2 heterocycles. The third-order valence-electron chi connectivity index (χ3n) is 2.84. The van der Waals surface area contributed by atoms with Gasteiger partial charge in [0.15, 0.2) is 0 Å². The van der Waals surface area contributed by atoms with Crippen molar-refractivity contribution in [3.8, 4) is 0 Å². The average Bonchev–Trinajstić information content (AvgIpc) is 2.30. The van der Waals surface area contributed by atoms with Gasteiger partial charge in [-0.2, -0.15) is 0 Å². The van der Waals surface area contributed by atoms with Crippen LogP contribution in [0.1, 0.15) is 12.8 Å². The number of nitrogens with zero attached hydrogens (tertiary/aromatic N) is 2. The molecule has 1 aliphatic rings. The third-order valence-corrected chi connectivity index (χ3v) is 3.15. The Morgan fingerprint density at radius 2 is 1.88 bits per heavy atom. The van der Waals surface area contributed by atoms with Gasteiger partial charge in [-0.05, 0) is 36.6 Å². The van der Waals surface area contributed by atoms with E-state index >= 15 is 0 Å². The first-order valence-corrected chi connectivity index (χ1v) is 5.49. The predicted octanol–water partition coefficient (Wildman–Crippen LogP) is 2.49. The lowest BCUT2D eigenvalue weighted by molar-refractivity contribution is -0.115. The van der Waals surface area contributed by atoms with E-state index in [-0.39, 0.29) is 23.6 Å². The van der Waals surface area contributed by atoms with E-state index in [1.165, 1.54) is 5.69 Å². The van der Waals surface area contributed by atoms with Gasteiger partial charge in [0.2, 0.25) is 5.24 Å². The van der Waals surface area contributed by atoms with Crippen molar-refractivity contribution in [2.75, 3.05) is 18.0 Å². The molecule has 1 aliphatic heterocycles. The van der Waals surface area contributed by atoms with Crippen LogP contribution in [-0.2, 0) is 4.79 Å². The number of halogens is 2. The van der Waals surface area contributed by atoms with Gasteiger partial charge in [0.25, 0.3) is 0 Å². The molecular weight excluding hydrogens is 247 g/mol. The Bertz CT molecular complexity index is 337. The summed E-state index contributed by atoms with van der Waals surface area (Å²) in [7, 11) is 0. The van der Waals surface area contributed by atoms with Crippen LogP contribution < -0.4 is 4.90 Å². The molecule has 0 N–H and O–H groups in total. The number of carbonyl (C=O) groups excluding carboxylic acids is 1. The lowest BCUT2D eigenvalue weighted by atomic mass is 9.98. The molecule has 0 amide bonds. The first-order chi connectivity index (χ1) is 7.27. The molecule has 0 atom stereocenters. The number of hydrogen-bond acceptors (Lipinski definition) is 3. The van der Waals surface area contributed by atoms with E-state index < -0.39 is 0 Å². The highest BCUT2D eigenvalue weighted by atomic mass is 35.5. The monoisotopic (exact) mass is 260 g/mol. The second-order valence-electron chi connectivity index (χ2n) is 3.77. The molecule has 2 rings (SSSR count). The smallest absolute Gasteiger partial charge is 0.224 e. The summed E-state index contributed by atoms with van der Waals surface area (Å²) in [5.41, 5.74) is 1.17. The van der Waals surface area contributed by atoms with Crippen molar-refractivity contribution in [2.24, 2.45) is 5.92 Å². The number of hydrogen-bond donors (Lipinski definition) is 0. The van der Waals surface area contributed by atoms with E-state index in [4.69, 9.17) is 11.6 Å². The summed E-state index contributed by atoms with van der Waals surface area (Å²) in [6, 6.07) is 3.98. The Kier molecular flexibility index (Phi) is 5.03. The van der Waals surface area contributed by atoms with Crippen molar-refractivity contribution in [2.45, 2.75) is 12.8 Å². The van der Waals surface area contributed by atoms with Crippen LogP contribution in [0.4, 0.5) is 5.69 Å². The summed E-state index contributed by atoms with van der Waals surface area (Å²) in [5, 5.41) is -0.190. The number of piperidine rings is 1. The van der Waals surface area contributed by atoms with Crippen LogP contribution in [0.15, 0.2) is 24.5 Å². The van der Waals surface area contributed by atoms with Gasteiger partial charge in [-0.1, -0.05) is 0 Å². The normalized spacial score (nSPS) is 16.7. The SMILES string of the molecule is Cl.O=C(Cl)C1CCN(c2ccncc2)CC1. The van der Waals surface area contributed by atoms with Crippen LogP contribution >= 0.6 is 24.0 Å². The molecule has 0 aromatic carbocycles. The Labute approximate surface area is 106 Å². The van der Waals surface area contributed by atoms with Gasteiger partial charge in [-0.15, -0.1) is 12.4 Å². The number of pyridine rings is 1. The molecule has 0 bridgehead atoms. The van der Waals surface area contributed by atoms with Crippen LogP contribution in [0, 0.1) is 5.92 Å². The molecule has 0 radical (unpaired) electrons. The van der Waals surface area contributed by atoms with Crippen molar-refractivity contribution in [1.82, 2.24) is 4.98 Å². The largest absolute Gasteiger partial charge is 0.371 e. The minimum atomic E-state index is -0.190. The Hall–Kier alpha value is -0.800. The molecule has 1 fully saturated rings. The van der Waals surface area contributed by atoms with Crippen LogP contribution in [-0.4, -0.2) is 23.3 Å². The van der Waals surface area contributed by atoms with Gasteiger partial charge in [0.05, 0.1) is 0 Å². The van der Waals surface area contributed by atoms with Gasteiger partial charge < -0.3 is 4.90 Å². The van der Waals surface area contributed by atoms with Crippen molar-refractivity contribution >= 4 is 34.9 Å². The first-order valence-electron chi connectivity index (χ1n) is 5.11. The maximum atomic E-state index is 11.0. The Morgan fingerprint density at radius 1 is 1.31 bits per heavy atom. The molecule has 1 aromatic heterocycles. The fourth-order valence-corrected chi connectivity index (χ4v) is 2.14. The lowest BCUT2D eigenvalue weighted by Crippen LogP contribution is -2.35. The molecule has 0 saturated carbocycles. The Balaban J connectivity index is 0.00000128. The predicted molar refractivity (Wildman–Crippen MR) is 67.3 cm³/mol. The number of anilines is 1. The zero-order valence-corrected chi connectivity index (χ0v) is 10.4. The van der Waals surface area contributed by atoms with E-state index in [1.807, 2.05) is 12.1 Å². The standard InChI is InChI=1S/C11H13ClN2O.ClH/c12-11(15)9-3-7-14(8-4-9)10-1-5-13-6-2-10;/h1-2,5-6,9H,3-4,7-8H2;1H. The summed E-state index contributed by atoms with van der Waals surface area (Å²) in [5.74, 6) is 0.0461. The summed E-state index contributed by atoms with van der Waals surface area (Å²) in [6.07, 6.45) is 5.28. The fraction of sp³-hybridized carbons (Fsp3) is 0.455. The van der Waals surface area contributed by atoms with E-state index in [2.05, 4.69) is 9.88 Å². The van der Waals surface area contributed by atoms with Crippen LogP contribution in [0.5, 0.6) is 0 Å². The van der Waals surface area contributed by atoms with E-state index in [0.717, 1.165) is 25.9 Å². The highest BCUT2D eigenvalue weighted by Crippen LogP contribution is 2.23. The van der Waals surface area contributed by atoms with Gasteiger partial charge in [0, 0.05) is 37.1 Å². The van der Waals surface area contributed by atoms with Gasteiger partial charge in [-0.3, -0.25) is 9.78 Å². The quantitative estimate of drug-likeness (QED) is 0.767. The summed E-state index contributed by atoms with van der Waals surface area (Å²) < 4.78 is 0. The molecule has 88 valence electrons. The van der Waals surface area contributed by atoms with E-state index in [9.17, 15) is 4.79 Å². The minimum absolute atomic E-state index is 0. The molecule has 0 spiro atoms. The minimum Gasteiger partial charge on any atom is -0.371 e. The summed E-state index contributed by atoms with van der Waals surface area (Å²) in [4.78, 5) is 17.2. The number of aromatic nitrogens is 1. The second-order valence-corrected chi connectivity index (χ2v) is 4.14. The third kappa shape index (κ3) is 3.09. The fourth-order valence-electron chi connectivity index (χ4n) is 1.92. The molecule has 16 heavy (non-hydrogen) atoms. The first kappa shape index (κ1) is 13.3. The molecule has 0 aliphatic carbocycles. The molecule has 1 aromatic rings. The van der Waals surface area contributed by atoms with Crippen LogP contribution in [0.25, 0.3) is 0 Å². The number of rotatable bonds is 2. The molecule has 0 unspecified atom stereocenters. The van der Waals surface area contributed by atoms with Gasteiger partial charge >= 0.3 is 0 Å². The van der Waals surface area contributed by atoms with Crippen molar-refractivity contribution < 1.29 is 4.79 Å². The van der Waals surface area contributed by atoms with Gasteiger partial charge in [0.1, 0.15) is 0 Å². The molecule has 5 heteroatoms. The zero-order chi connectivity index (χ0) is 10.7. The van der Waals surface area contributed by atoms with Gasteiger partial charge in [-0.25, -0.2) is 0 Å². The summed E-state index contributed by atoms with van der Waals surface area (Å²) in [6.45, 7) is 1.79. The van der Waals surface area contributed by atoms with Crippen molar-refractivity contribution in [3.05, 3.63) is 24.5 Å². The molecular formula is C11H14Cl2N2O. The molecule has 3 nitrogen and oxygen atoms in total. The second kappa shape index (κ2) is 6.06. The van der Waals surface area contributed by atoms with Crippen LogP contribution in [0.2, 0.25) is 0 Å². The summed E-state index contributed by atoms with van der Waals surface area (Å²) >= 11 is 5.48. The van der Waals surface area contributed by atoms with Crippen LogP contribution in [0.3, 0.4) is 0 Å². The van der Waals surface area contributed by atoms with E-state index in [0.29, 0.717) is 0 Å². The zero-order valence-electron chi connectivity index (χ0n) is 8.80. The van der Waals surface area contributed by atoms with E-state index in [1.54, 1.807) is 12.4 Å². The highest BCUT2D eigenvalue weighted by molar-refractivity contribution is 6.64. The van der Waals surface area contributed by atoms with Crippen molar-refractivity contribution in [1.29, 1.82) is 0 Å². The Morgan fingerprint density at radius 3 is 2.38 bits per heavy atom.